The molecule has 5 rings (SSSR count). The van der Waals surface area contributed by atoms with E-state index in [4.69, 9.17) is 0 Å². The largest absolute Gasteiger partial charge is 0.317 e. The van der Waals surface area contributed by atoms with Crippen molar-refractivity contribution in [3.8, 4) is 0 Å². The summed E-state index contributed by atoms with van der Waals surface area (Å²) in [6, 6.07) is 5.83. The molecule has 1 saturated carbocycles. The van der Waals surface area contributed by atoms with Crippen molar-refractivity contribution in [1.82, 2.24) is 19.1 Å². The van der Waals surface area contributed by atoms with Gasteiger partial charge in [-0.1, -0.05) is 32.3 Å². The van der Waals surface area contributed by atoms with E-state index in [0.29, 0.717) is 18.0 Å². The highest BCUT2D eigenvalue weighted by Gasteiger charge is 2.52. The molecule has 3 aliphatic rings. The molecular formula is C24H34N4O2S. The molecular weight excluding hydrogens is 408 g/mol. The summed E-state index contributed by atoms with van der Waals surface area (Å²) < 4.78 is 31.4. The maximum Gasteiger partial charge on any atom is 0.243 e. The third-order valence-corrected chi connectivity index (χ3v) is 9.65. The smallest absolute Gasteiger partial charge is 0.243 e. The zero-order valence-corrected chi connectivity index (χ0v) is 19.4. The predicted octanol–water partition coefficient (Wildman–Crippen LogP) is 4.31. The average molecular weight is 443 g/mol. The quantitative estimate of drug-likeness (QED) is 0.692. The maximum atomic E-state index is 13.8. The van der Waals surface area contributed by atoms with Gasteiger partial charge in [0.05, 0.1) is 4.90 Å². The van der Waals surface area contributed by atoms with Crippen LogP contribution in [0.15, 0.2) is 29.4 Å². The minimum absolute atomic E-state index is 0.0158. The van der Waals surface area contributed by atoms with Crippen molar-refractivity contribution in [3.05, 3.63) is 41.5 Å². The Labute approximate surface area is 186 Å². The molecule has 1 unspecified atom stereocenters. The fourth-order valence-corrected chi connectivity index (χ4v) is 7.79. The Balaban J connectivity index is 1.49. The van der Waals surface area contributed by atoms with Gasteiger partial charge in [0.2, 0.25) is 10.0 Å². The number of aryl methyl sites for hydroxylation is 3. The second-order valence-electron chi connectivity index (χ2n) is 9.79. The second kappa shape index (κ2) is 8.32. The number of nitrogens with zero attached hydrogens (tertiary/aromatic N) is 4. The Kier molecular flexibility index (Phi) is 5.67. The van der Waals surface area contributed by atoms with Crippen molar-refractivity contribution < 1.29 is 8.42 Å². The predicted molar refractivity (Wildman–Crippen MR) is 120 cm³/mol. The normalized spacial score (nSPS) is 23.8. The highest BCUT2D eigenvalue weighted by atomic mass is 32.2. The first-order valence-corrected chi connectivity index (χ1v) is 13.5. The molecule has 168 valence electrons. The van der Waals surface area contributed by atoms with Crippen LogP contribution in [0.2, 0.25) is 0 Å². The average Bonchev–Trinajstić information content (AvgIpc) is 3.39. The fourth-order valence-electron chi connectivity index (χ4n) is 6.19. The van der Waals surface area contributed by atoms with Crippen LogP contribution >= 0.6 is 0 Å². The minimum atomic E-state index is -3.52. The molecule has 2 fully saturated rings. The van der Waals surface area contributed by atoms with Gasteiger partial charge in [-0.3, -0.25) is 0 Å². The molecule has 2 heterocycles. The van der Waals surface area contributed by atoms with Crippen molar-refractivity contribution in [2.45, 2.75) is 88.5 Å². The SMILES string of the molecule is CCCn1cnnc1C1CN(S(=O)(=O)c2ccc3c(c2)CCCC3)CC12CCCCC2. The lowest BCUT2D eigenvalue weighted by atomic mass is 9.67. The molecule has 0 radical (unpaired) electrons. The van der Waals surface area contributed by atoms with E-state index in [0.717, 1.165) is 50.9 Å². The summed E-state index contributed by atoms with van der Waals surface area (Å²) in [5, 5.41) is 8.71. The molecule has 0 amide bonds. The topological polar surface area (TPSA) is 68.1 Å². The molecule has 0 bridgehead atoms. The van der Waals surface area contributed by atoms with E-state index in [1.54, 1.807) is 4.31 Å². The van der Waals surface area contributed by atoms with Crippen LogP contribution < -0.4 is 0 Å². The summed E-state index contributed by atoms with van der Waals surface area (Å²) in [7, 11) is -3.52. The minimum Gasteiger partial charge on any atom is -0.317 e. The molecule has 2 aromatic rings. The van der Waals surface area contributed by atoms with Crippen LogP contribution in [0, 0.1) is 5.41 Å². The Morgan fingerprint density at radius 1 is 1.06 bits per heavy atom. The van der Waals surface area contributed by atoms with Crippen LogP contribution in [-0.2, 0) is 29.4 Å². The third kappa shape index (κ3) is 3.74. The number of sulfonamides is 1. The number of benzene rings is 1. The van der Waals surface area contributed by atoms with Crippen LogP contribution in [0.3, 0.4) is 0 Å². The standard InChI is InChI=1S/C24H34N4O2S/c1-2-14-27-18-25-26-23(27)22-16-28(17-24(22)12-6-3-7-13-24)31(29,30)21-11-10-19-8-4-5-9-20(19)15-21/h10-11,15,18,22H,2-9,12-14,16-17H2,1H3. The third-order valence-electron chi connectivity index (χ3n) is 7.85. The van der Waals surface area contributed by atoms with Gasteiger partial charge in [-0.25, -0.2) is 8.42 Å². The van der Waals surface area contributed by atoms with Crippen molar-refractivity contribution in [2.24, 2.45) is 5.41 Å². The Morgan fingerprint density at radius 3 is 2.61 bits per heavy atom. The van der Waals surface area contributed by atoms with Crippen LogP contribution in [0.5, 0.6) is 0 Å². The van der Waals surface area contributed by atoms with Gasteiger partial charge in [0, 0.05) is 25.6 Å². The summed E-state index contributed by atoms with van der Waals surface area (Å²) in [6.07, 6.45) is 13.0. The second-order valence-corrected chi connectivity index (χ2v) is 11.7. The molecule has 1 atom stereocenters. The van der Waals surface area contributed by atoms with Gasteiger partial charge in [-0.15, -0.1) is 10.2 Å². The van der Waals surface area contributed by atoms with Gasteiger partial charge in [-0.05, 0) is 73.6 Å². The van der Waals surface area contributed by atoms with Gasteiger partial charge in [0.15, 0.2) is 0 Å². The monoisotopic (exact) mass is 442 g/mol. The first kappa shape index (κ1) is 21.1. The molecule has 1 spiro atoms. The molecule has 1 aromatic heterocycles. The zero-order chi connectivity index (χ0) is 21.5. The van der Waals surface area contributed by atoms with Crippen LogP contribution in [0.4, 0.5) is 0 Å². The summed E-state index contributed by atoms with van der Waals surface area (Å²) in [4.78, 5) is 0.467. The number of rotatable bonds is 5. The first-order chi connectivity index (χ1) is 15.0. The number of hydrogen-bond acceptors (Lipinski definition) is 4. The summed E-state index contributed by atoms with van der Waals surface area (Å²) in [5.41, 5.74) is 2.52. The molecule has 2 aliphatic carbocycles. The van der Waals surface area contributed by atoms with E-state index in [1.165, 1.54) is 36.8 Å². The van der Waals surface area contributed by atoms with Gasteiger partial charge >= 0.3 is 0 Å². The molecule has 6 nitrogen and oxygen atoms in total. The number of hydrogen-bond donors (Lipinski definition) is 0. The van der Waals surface area contributed by atoms with E-state index < -0.39 is 10.0 Å². The molecule has 7 heteroatoms. The first-order valence-electron chi connectivity index (χ1n) is 12.0. The van der Waals surface area contributed by atoms with Crippen molar-refractivity contribution in [3.63, 3.8) is 0 Å². The van der Waals surface area contributed by atoms with E-state index in [1.807, 2.05) is 24.5 Å². The van der Waals surface area contributed by atoms with E-state index >= 15 is 0 Å². The van der Waals surface area contributed by atoms with Crippen molar-refractivity contribution >= 4 is 10.0 Å². The Hall–Kier alpha value is -1.73. The van der Waals surface area contributed by atoms with Crippen LogP contribution in [-0.4, -0.2) is 40.6 Å². The number of aromatic nitrogens is 3. The summed E-state index contributed by atoms with van der Waals surface area (Å²) >= 11 is 0. The Bertz CT molecular complexity index is 1040. The van der Waals surface area contributed by atoms with E-state index in [2.05, 4.69) is 21.7 Å². The summed E-state index contributed by atoms with van der Waals surface area (Å²) in [5.74, 6) is 1.10. The maximum absolute atomic E-state index is 13.8. The van der Waals surface area contributed by atoms with Crippen molar-refractivity contribution in [2.75, 3.05) is 13.1 Å². The van der Waals surface area contributed by atoms with Gasteiger partial charge in [0.1, 0.15) is 12.2 Å². The van der Waals surface area contributed by atoms with Gasteiger partial charge < -0.3 is 4.57 Å². The lowest BCUT2D eigenvalue weighted by molar-refractivity contribution is 0.176. The lowest BCUT2D eigenvalue weighted by Crippen LogP contribution is -2.34. The van der Waals surface area contributed by atoms with Crippen molar-refractivity contribution in [1.29, 1.82) is 0 Å². The van der Waals surface area contributed by atoms with Gasteiger partial charge in [0.25, 0.3) is 0 Å². The molecule has 31 heavy (non-hydrogen) atoms. The molecule has 1 aromatic carbocycles. The van der Waals surface area contributed by atoms with Gasteiger partial charge in [-0.2, -0.15) is 4.31 Å². The number of fused-ring (bicyclic) bond motifs is 1. The zero-order valence-electron chi connectivity index (χ0n) is 18.6. The van der Waals surface area contributed by atoms with Crippen LogP contribution in [0.25, 0.3) is 0 Å². The highest BCUT2D eigenvalue weighted by Crippen LogP contribution is 2.52. The lowest BCUT2D eigenvalue weighted by Gasteiger charge is -2.37. The highest BCUT2D eigenvalue weighted by molar-refractivity contribution is 7.89. The fraction of sp³-hybridized carbons (Fsp3) is 0.667. The summed E-state index contributed by atoms with van der Waals surface area (Å²) in [6.45, 7) is 4.16. The van der Waals surface area contributed by atoms with E-state index in [-0.39, 0.29) is 11.3 Å². The van der Waals surface area contributed by atoms with E-state index in [9.17, 15) is 8.42 Å². The molecule has 1 saturated heterocycles. The molecule has 0 N–H and O–H groups in total. The van der Waals surface area contributed by atoms with Crippen LogP contribution in [0.1, 0.15) is 81.2 Å². The molecule has 1 aliphatic heterocycles. The Morgan fingerprint density at radius 2 is 1.84 bits per heavy atom.